The molecule has 7 rings (SSSR count). The average Bonchev–Trinajstić information content (AvgIpc) is 3.50. The summed E-state index contributed by atoms with van der Waals surface area (Å²) in [5.74, 6) is -3.83. The van der Waals surface area contributed by atoms with Crippen molar-refractivity contribution in [3.63, 3.8) is 0 Å². The van der Waals surface area contributed by atoms with Gasteiger partial charge in [-0.15, -0.1) is 0 Å². The second-order valence-electron chi connectivity index (χ2n) is 14.0. The fourth-order valence-electron chi connectivity index (χ4n) is 8.98. The quantitative estimate of drug-likeness (QED) is 0.177. The van der Waals surface area contributed by atoms with Crippen LogP contribution in [0, 0.1) is 11.2 Å². The standard InChI is InChI=1S/C38H36Cl2FN3O4/c1-36(2)16-18-37(19-17-36)38(26-14-13-24(39)21-27(26)43-35(38)48)28(25-15-20-42-33(40)29(25)41)31(34(46)47)44(37)30(22-9-5-3-6-10-22)32(45)23-11-7-4-8-12-23/h3-15,20-21,28,30-32,45H,16-19H2,1-2H3,(H,43,48)(H,46,47)/t28-,30+,31+,32-,38?/m0/s1. The lowest BCUT2D eigenvalue weighted by atomic mass is 9.53. The molecule has 2 aliphatic heterocycles. The summed E-state index contributed by atoms with van der Waals surface area (Å²) >= 11 is 12.8. The number of halogens is 3. The fourth-order valence-corrected chi connectivity index (χ4v) is 9.32. The van der Waals surface area contributed by atoms with Crippen LogP contribution in [0.1, 0.15) is 79.8 Å². The Morgan fingerprint density at radius 2 is 1.58 bits per heavy atom. The lowest BCUT2D eigenvalue weighted by Gasteiger charge is -2.56. The number of aliphatic hydroxyl groups excluding tert-OH is 1. The summed E-state index contributed by atoms with van der Waals surface area (Å²) in [6.45, 7) is 4.33. The third-order valence-electron chi connectivity index (χ3n) is 11.1. The third-order valence-corrected chi connectivity index (χ3v) is 11.6. The number of carboxylic acid groups (broad SMARTS) is 1. The minimum absolute atomic E-state index is 0.0203. The number of aliphatic hydroxyl groups is 1. The molecule has 1 amide bonds. The number of aliphatic carboxylic acids is 1. The molecular weight excluding hydrogens is 652 g/mol. The van der Waals surface area contributed by atoms with Crippen LogP contribution in [0.4, 0.5) is 10.1 Å². The van der Waals surface area contributed by atoms with Gasteiger partial charge in [0, 0.05) is 28.4 Å². The van der Waals surface area contributed by atoms with Crippen molar-refractivity contribution in [2.24, 2.45) is 5.41 Å². The van der Waals surface area contributed by atoms with E-state index in [4.69, 9.17) is 23.2 Å². The van der Waals surface area contributed by atoms with Gasteiger partial charge in [-0.25, -0.2) is 9.37 Å². The highest BCUT2D eigenvalue weighted by atomic mass is 35.5. The number of hydrogen-bond acceptors (Lipinski definition) is 5. The number of carbonyl (C=O) groups excluding carboxylic acids is 1. The number of pyridine rings is 1. The van der Waals surface area contributed by atoms with E-state index in [-0.39, 0.29) is 11.0 Å². The Labute approximate surface area is 288 Å². The predicted octanol–water partition coefficient (Wildman–Crippen LogP) is 8.08. The number of likely N-dealkylation sites (tertiary alicyclic amines) is 1. The largest absolute Gasteiger partial charge is 0.480 e. The summed E-state index contributed by atoms with van der Waals surface area (Å²) in [5, 5.41) is 26.9. The topological polar surface area (TPSA) is 103 Å². The second-order valence-corrected chi connectivity index (χ2v) is 14.8. The maximum atomic E-state index is 16.4. The normalized spacial score (nSPS) is 25.5. The van der Waals surface area contributed by atoms with Gasteiger partial charge in [0.2, 0.25) is 5.91 Å². The Morgan fingerprint density at radius 3 is 2.21 bits per heavy atom. The number of nitrogens with zero attached hydrogens (tertiary/aromatic N) is 2. The highest BCUT2D eigenvalue weighted by Crippen LogP contribution is 2.69. The molecule has 1 saturated heterocycles. The number of hydrogen-bond donors (Lipinski definition) is 3. The van der Waals surface area contributed by atoms with Crippen molar-refractivity contribution in [3.05, 3.63) is 129 Å². The molecule has 3 N–H and O–H groups in total. The predicted molar refractivity (Wildman–Crippen MR) is 183 cm³/mol. The van der Waals surface area contributed by atoms with Gasteiger partial charge in [0.05, 0.1) is 12.1 Å². The van der Waals surface area contributed by atoms with Gasteiger partial charge in [-0.1, -0.05) is 104 Å². The molecule has 0 bridgehead atoms. The molecule has 3 aliphatic rings. The van der Waals surface area contributed by atoms with E-state index < -0.39 is 57.9 Å². The Kier molecular flexibility index (Phi) is 8.14. The maximum absolute atomic E-state index is 16.4. The Balaban J connectivity index is 1.62. The molecular formula is C38H36Cl2FN3O4. The number of nitrogens with one attached hydrogen (secondary N) is 1. The molecule has 48 heavy (non-hydrogen) atoms. The third kappa shape index (κ3) is 4.79. The number of anilines is 1. The first-order valence-corrected chi connectivity index (χ1v) is 16.9. The molecule has 1 unspecified atom stereocenters. The van der Waals surface area contributed by atoms with Crippen LogP contribution in [0.5, 0.6) is 0 Å². The number of rotatable bonds is 6. The Bertz CT molecular complexity index is 1880. The molecule has 1 aliphatic carbocycles. The molecule has 2 spiro atoms. The van der Waals surface area contributed by atoms with Crippen molar-refractivity contribution < 1.29 is 24.2 Å². The van der Waals surface area contributed by atoms with Gasteiger partial charge in [0.1, 0.15) is 11.5 Å². The van der Waals surface area contributed by atoms with E-state index in [2.05, 4.69) is 24.1 Å². The van der Waals surface area contributed by atoms with Crippen molar-refractivity contribution >= 4 is 40.8 Å². The SMILES string of the molecule is CC1(C)CCC2(CC1)N([C@H](c1ccccc1)[C@@H](O)c1ccccc1)[C@@H](C(=O)O)[C@H](c1ccnc(Cl)c1F)C21C(=O)Nc2cc(Cl)ccc21. The summed E-state index contributed by atoms with van der Waals surface area (Å²) < 4.78 is 16.4. The van der Waals surface area contributed by atoms with Gasteiger partial charge < -0.3 is 15.5 Å². The van der Waals surface area contributed by atoms with Crippen molar-refractivity contribution in [1.82, 2.24) is 9.88 Å². The van der Waals surface area contributed by atoms with Gasteiger partial charge in [-0.3, -0.25) is 14.5 Å². The molecule has 10 heteroatoms. The van der Waals surface area contributed by atoms with E-state index in [1.165, 1.54) is 12.3 Å². The average molecular weight is 689 g/mol. The zero-order valence-electron chi connectivity index (χ0n) is 26.5. The lowest BCUT2D eigenvalue weighted by molar-refractivity contribution is -0.150. The lowest BCUT2D eigenvalue weighted by Crippen LogP contribution is -2.63. The van der Waals surface area contributed by atoms with Crippen LogP contribution in [0.15, 0.2) is 91.1 Å². The van der Waals surface area contributed by atoms with Crippen LogP contribution >= 0.6 is 23.2 Å². The maximum Gasteiger partial charge on any atom is 0.321 e. The molecule has 1 aromatic heterocycles. The Morgan fingerprint density at radius 1 is 0.958 bits per heavy atom. The summed E-state index contributed by atoms with van der Waals surface area (Å²) in [4.78, 5) is 34.9. The smallest absolute Gasteiger partial charge is 0.321 e. The van der Waals surface area contributed by atoms with E-state index in [1.54, 1.807) is 30.3 Å². The summed E-state index contributed by atoms with van der Waals surface area (Å²) in [6.07, 6.45) is 2.25. The minimum atomic E-state index is -1.62. The van der Waals surface area contributed by atoms with Gasteiger partial charge in [-0.05, 0) is 71.6 Å². The molecule has 2 fully saturated rings. The first kappa shape index (κ1) is 32.7. The summed E-state index contributed by atoms with van der Waals surface area (Å²) in [5.41, 5.74) is -0.717. The highest BCUT2D eigenvalue weighted by Gasteiger charge is 2.77. The monoisotopic (exact) mass is 687 g/mol. The number of carbonyl (C=O) groups is 2. The van der Waals surface area contributed by atoms with Gasteiger partial charge in [0.25, 0.3) is 0 Å². The van der Waals surface area contributed by atoms with Crippen molar-refractivity contribution in [2.45, 2.75) is 74.6 Å². The number of carboxylic acids is 1. The number of fused-ring (bicyclic) bond motifs is 3. The van der Waals surface area contributed by atoms with Gasteiger partial charge in [-0.2, -0.15) is 0 Å². The molecule has 3 aromatic carbocycles. The molecule has 7 nitrogen and oxygen atoms in total. The highest BCUT2D eigenvalue weighted by molar-refractivity contribution is 6.31. The van der Waals surface area contributed by atoms with E-state index in [0.717, 1.165) is 0 Å². The molecule has 3 heterocycles. The van der Waals surface area contributed by atoms with Crippen LogP contribution in [0.2, 0.25) is 10.2 Å². The minimum Gasteiger partial charge on any atom is -0.480 e. The van der Waals surface area contributed by atoms with E-state index in [9.17, 15) is 15.0 Å². The molecule has 5 atom stereocenters. The first-order valence-electron chi connectivity index (χ1n) is 16.1. The van der Waals surface area contributed by atoms with Crippen molar-refractivity contribution in [3.8, 4) is 0 Å². The summed E-state index contributed by atoms with van der Waals surface area (Å²) in [6, 6.07) is 22.5. The van der Waals surface area contributed by atoms with Crippen LogP contribution in [-0.2, 0) is 15.0 Å². The molecule has 0 radical (unpaired) electrons. The van der Waals surface area contributed by atoms with Gasteiger partial charge in [0.15, 0.2) is 11.0 Å². The molecule has 248 valence electrons. The van der Waals surface area contributed by atoms with E-state index >= 15 is 9.18 Å². The number of aromatic nitrogens is 1. The Hall–Kier alpha value is -3.82. The zero-order valence-corrected chi connectivity index (χ0v) is 28.0. The van der Waals surface area contributed by atoms with Gasteiger partial charge >= 0.3 is 5.97 Å². The first-order chi connectivity index (χ1) is 22.9. The van der Waals surface area contributed by atoms with Crippen LogP contribution in [-0.4, -0.2) is 43.6 Å². The molecule has 1 saturated carbocycles. The molecule has 4 aromatic rings. The van der Waals surface area contributed by atoms with Crippen molar-refractivity contribution in [1.29, 1.82) is 0 Å². The second kappa shape index (κ2) is 11.9. The van der Waals surface area contributed by atoms with Crippen LogP contribution in [0.25, 0.3) is 0 Å². The van der Waals surface area contributed by atoms with E-state index in [0.29, 0.717) is 53.1 Å². The van der Waals surface area contributed by atoms with Crippen LogP contribution < -0.4 is 5.32 Å². The number of amides is 1. The fraction of sp³-hybridized carbons (Fsp3) is 0.342. The van der Waals surface area contributed by atoms with Crippen molar-refractivity contribution in [2.75, 3.05) is 5.32 Å². The van der Waals surface area contributed by atoms with Crippen LogP contribution in [0.3, 0.4) is 0 Å². The number of benzene rings is 3. The zero-order chi connectivity index (χ0) is 34.0. The summed E-state index contributed by atoms with van der Waals surface area (Å²) in [7, 11) is 0. The van der Waals surface area contributed by atoms with E-state index in [1.807, 2.05) is 53.4 Å².